The number of rotatable bonds is 2. The molecular formula is C16H10ClF6N3. The fourth-order valence-electron chi connectivity index (χ4n) is 2.49. The molecule has 0 fully saturated rings. The van der Waals surface area contributed by atoms with Crippen molar-refractivity contribution in [3.63, 3.8) is 0 Å². The lowest BCUT2D eigenvalue weighted by atomic mass is 10.1. The van der Waals surface area contributed by atoms with Gasteiger partial charge in [0.15, 0.2) is 0 Å². The van der Waals surface area contributed by atoms with Crippen molar-refractivity contribution >= 4 is 22.6 Å². The molecule has 0 spiro atoms. The zero-order chi connectivity index (χ0) is 19.3. The van der Waals surface area contributed by atoms with E-state index in [1.54, 1.807) is 12.1 Å². The molecule has 138 valence electrons. The summed E-state index contributed by atoms with van der Waals surface area (Å²) in [5.74, 6) is -0.0906. The maximum Gasteiger partial charge on any atom is 0.418 e. The summed E-state index contributed by atoms with van der Waals surface area (Å²) in [6, 6.07) is 5.81. The van der Waals surface area contributed by atoms with Gasteiger partial charge in [0.1, 0.15) is 11.3 Å². The van der Waals surface area contributed by atoms with Crippen molar-refractivity contribution in [1.82, 2.24) is 9.97 Å². The molecule has 1 aromatic heterocycles. The molecule has 0 aliphatic rings. The Morgan fingerprint density at radius 1 is 0.962 bits per heavy atom. The average Bonchev–Trinajstić information content (AvgIpc) is 2.96. The van der Waals surface area contributed by atoms with Crippen LogP contribution in [0.15, 0.2) is 36.4 Å². The molecule has 10 heteroatoms. The predicted octanol–water partition coefficient (Wildman–Crippen LogP) is 5.30. The second kappa shape index (κ2) is 6.17. The summed E-state index contributed by atoms with van der Waals surface area (Å²) in [7, 11) is 0. The molecule has 0 unspecified atom stereocenters. The fraction of sp³-hybridized carbons (Fsp3) is 0.188. The monoisotopic (exact) mass is 393 g/mol. The minimum absolute atomic E-state index is 0.0424. The second-order valence-corrected chi connectivity index (χ2v) is 6.00. The largest absolute Gasteiger partial charge is 0.418 e. The van der Waals surface area contributed by atoms with Gasteiger partial charge in [-0.2, -0.15) is 26.3 Å². The number of fused-ring (bicyclic) bond motifs is 1. The fourth-order valence-corrected chi connectivity index (χ4v) is 2.62. The molecule has 0 amide bonds. The number of aromatic nitrogens is 2. The third-order valence-corrected chi connectivity index (χ3v) is 4.01. The van der Waals surface area contributed by atoms with Crippen LogP contribution in [0.4, 0.5) is 26.3 Å². The quantitative estimate of drug-likeness (QED) is 0.580. The molecule has 3 N–H and O–H groups in total. The smallest absolute Gasteiger partial charge is 0.340 e. The lowest BCUT2D eigenvalue weighted by molar-refractivity contribution is -0.142. The van der Waals surface area contributed by atoms with Gasteiger partial charge in [-0.1, -0.05) is 23.7 Å². The van der Waals surface area contributed by atoms with E-state index < -0.39 is 40.6 Å². The van der Waals surface area contributed by atoms with Crippen molar-refractivity contribution in [2.45, 2.75) is 18.4 Å². The van der Waals surface area contributed by atoms with Crippen LogP contribution in [0.2, 0.25) is 5.02 Å². The maximum atomic E-state index is 13.2. The normalized spacial score (nSPS) is 14.0. The van der Waals surface area contributed by atoms with Crippen molar-refractivity contribution < 1.29 is 26.3 Å². The number of halogens is 7. The molecule has 26 heavy (non-hydrogen) atoms. The van der Waals surface area contributed by atoms with E-state index in [0.29, 0.717) is 16.7 Å². The van der Waals surface area contributed by atoms with Crippen molar-refractivity contribution in [1.29, 1.82) is 0 Å². The van der Waals surface area contributed by atoms with E-state index in [2.05, 4.69) is 9.97 Å². The summed E-state index contributed by atoms with van der Waals surface area (Å²) in [5, 5.41) is 0.430. The van der Waals surface area contributed by atoms with Crippen molar-refractivity contribution in [2.75, 3.05) is 0 Å². The molecule has 3 rings (SSSR count). The van der Waals surface area contributed by atoms with Gasteiger partial charge in [0, 0.05) is 5.02 Å². The second-order valence-electron chi connectivity index (χ2n) is 5.57. The van der Waals surface area contributed by atoms with E-state index in [1.165, 1.54) is 12.1 Å². The molecule has 1 heterocycles. The van der Waals surface area contributed by atoms with Gasteiger partial charge in [-0.15, -0.1) is 0 Å². The number of aromatic amines is 1. The first-order chi connectivity index (χ1) is 12.0. The van der Waals surface area contributed by atoms with Crippen LogP contribution in [-0.2, 0) is 12.4 Å². The highest BCUT2D eigenvalue weighted by atomic mass is 35.5. The van der Waals surface area contributed by atoms with Gasteiger partial charge in [0.25, 0.3) is 0 Å². The molecule has 3 aromatic rings. The Bertz CT molecular complexity index is 944. The van der Waals surface area contributed by atoms with Gasteiger partial charge < -0.3 is 10.7 Å². The number of imidazole rings is 1. The molecule has 0 radical (unpaired) electrons. The zero-order valence-corrected chi connectivity index (χ0v) is 13.5. The summed E-state index contributed by atoms with van der Waals surface area (Å²) in [6.45, 7) is 0. The Morgan fingerprint density at radius 3 is 2.12 bits per heavy atom. The van der Waals surface area contributed by atoms with Gasteiger partial charge >= 0.3 is 12.4 Å². The minimum atomic E-state index is -5.00. The third kappa shape index (κ3) is 3.49. The van der Waals surface area contributed by atoms with Gasteiger partial charge in [-0.25, -0.2) is 4.98 Å². The Kier molecular flexibility index (Phi) is 4.40. The maximum absolute atomic E-state index is 13.2. The topological polar surface area (TPSA) is 54.7 Å². The summed E-state index contributed by atoms with van der Waals surface area (Å²) in [6.07, 6.45) is -9.94. The van der Waals surface area contributed by atoms with E-state index in [1.807, 2.05) is 0 Å². The predicted molar refractivity (Wildman–Crippen MR) is 83.6 cm³/mol. The SMILES string of the molecule is N[C@@H](c1ccc(Cl)cc1)c1nc2c(C(F)(F)F)cc(C(F)(F)F)cc2[nH]1. The summed E-state index contributed by atoms with van der Waals surface area (Å²) < 4.78 is 78.3. The van der Waals surface area contributed by atoms with Crippen LogP contribution in [0.3, 0.4) is 0 Å². The molecule has 0 bridgehead atoms. The van der Waals surface area contributed by atoms with Crippen LogP contribution in [0.1, 0.15) is 28.6 Å². The highest BCUT2D eigenvalue weighted by Crippen LogP contribution is 2.39. The van der Waals surface area contributed by atoms with Crippen LogP contribution in [0.25, 0.3) is 11.0 Å². The Hall–Kier alpha value is -2.26. The first-order valence-electron chi connectivity index (χ1n) is 7.16. The Morgan fingerprint density at radius 2 is 1.58 bits per heavy atom. The molecular weight excluding hydrogens is 384 g/mol. The van der Waals surface area contributed by atoms with Crippen LogP contribution < -0.4 is 5.73 Å². The lowest BCUT2D eigenvalue weighted by Gasteiger charge is -2.11. The van der Waals surface area contributed by atoms with Crippen LogP contribution >= 0.6 is 11.6 Å². The molecule has 3 nitrogen and oxygen atoms in total. The molecule has 0 saturated heterocycles. The molecule has 0 saturated carbocycles. The Balaban J connectivity index is 2.16. The molecule has 1 atom stereocenters. The van der Waals surface area contributed by atoms with Gasteiger partial charge in [-0.05, 0) is 29.8 Å². The number of nitrogens with zero attached hydrogens (tertiary/aromatic N) is 1. The summed E-state index contributed by atoms with van der Waals surface area (Å²) in [5.41, 5.74) is 2.54. The summed E-state index contributed by atoms with van der Waals surface area (Å²) in [4.78, 5) is 6.26. The molecule has 0 aliphatic heterocycles. The van der Waals surface area contributed by atoms with E-state index >= 15 is 0 Å². The summed E-state index contributed by atoms with van der Waals surface area (Å²) >= 11 is 5.76. The number of hydrogen-bond acceptors (Lipinski definition) is 2. The standard InChI is InChI=1S/C16H10ClF6N3/c17-9-3-1-7(2-4-9)12(24)14-25-11-6-8(15(18,19)20)5-10(13(11)26-14)16(21,22)23/h1-6,12H,24H2,(H,25,26)/t12-/m0/s1. The van der Waals surface area contributed by atoms with Crippen LogP contribution in [0, 0.1) is 0 Å². The van der Waals surface area contributed by atoms with Gasteiger partial charge in [-0.3, -0.25) is 0 Å². The van der Waals surface area contributed by atoms with E-state index in [0.717, 1.165) is 0 Å². The number of nitrogens with one attached hydrogen (secondary N) is 1. The van der Waals surface area contributed by atoms with E-state index in [4.69, 9.17) is 17.3 Å². The van der Waals surface area contributed by atoms with Crippen molar-refractivity contribution in [2.24, 2.45) is 5.73 Å². The van der Waals surface area contributed by atoms with E-state index in [-0.39, 0.29) is 11.9 Å². The number of nitrogens with two attached hydrogens (primary N) is 1. The molecule has 0 aliphatic carbocycles. The first kappa shape index (κ1) is 18.5. The van der Waals surface area contributed by atoms with Gasteiger partial charge in [0.2, 0.25) is 0 Å². The van der Waals surface area contributed by atoms with E-state index in [9.17, 15) is 26.3 Å². The average molecular weight is 394 g/mol. The zero-order valence-electron chi connectivity index (χ0n) is 12.7. The van der Waals surface area contributed by atoms with Crippen LogP contribution in [0.5, 0.6) is 0 Å². The third-order valence-electron chi connectivity index (χ3n) is 3.76. The lowest BCUT2D eigenvalue weighted by Crippen LogP contribution is -2.13. The number of hydrogen-bond donors (Lipinski definition) is 2. The van der Waals surface area contributed by atoms with Gasteiger partial charge in [0.05, 0.1) is 22.7 Å². The highest BCUT2D eigenvalue weighted by molar-refractivity contribution is 6.30. The number of H-pyrrole nitrogens is 1. The number of alkyl halides is 6. The Labute approximate surface area is 147 Å². The van der Waals surface area contributed by atoms with Crippen molar-refractivity contribution in [3.8, 4) is 0 Å². The highest BCUT2D eigenvalue weighted by Gasteiger charge is 2.39. The van der Waals surface area contributed by atoms with Crippen molar-refractivity contribution in [3.05, 3.63) is 63.9 Å². The first-order valence-corrected chi connectivity index (χ1v) is 7.53. The van der Waals surface area contributed by atoms with Crippen LogP contribution in [-0.4, -0.2) is 9.97 Å². The molecule has 2 aromatic carbocycles. The minimum Gasteiger partial charge on any atom is -0.340 e. The number of benzene rings is 2.